The fourth-order valence-corrected chi connectivity index (χ4v) is 3.23. The maximum Gasteiger partial charge on any atom is 0.268 e. The molecule has 0 aliphatic heterocycles. The molecule has 26 heavy (non-hydrogen) atoms. The number of para-hydroxylation sites is 1. The van der Waals surface area contributed by atoms with Gasteiger partial charge in [-0.3, -0.25) is 9.59 Å². The van der Waals surface area contributed by atoms with Crippen molar-refractivity contribution in [3.8, 4) is 0 Å². The number of primary amides is 1. The van der Waals surface area contributed by atoms with Gasteiger partial charge in [-0.2, -0.15) is 0 Å². The Morgan fingerprint density at radius 1 is 1.12 bits per heavy atom. The number of fused-ring (bicyclic) bond motifs is 1. The lowest BCUT2D eigenvalue weighted by atomic mass is 10.0. The van der Waals surface area contributed by atoms with Crippen molar-refractivity contribution in [2.24, 2.45) is 12.8 Å². The summed E-state index contributed by atoms with van der Waals surface area (Å²) >= 11 is 0. The molecule has 134 valence electrons. The second-order valence-electron chi connectivity index (χ2n) is 6.45. The van der Waals surface area contributed by atoms with Gasteiger partial charge in [-0.25, -0.2) is 0 Å². The van der Waals surface area contributed by atoms with E-state index in [1.54, 1.807) is 12.1 Å². The van der Waals surface area contributed by atoms with Crippen LogP contribution in [0, 0.1) is 0 Å². The van der Waals surface area contributed by atoms with Crippen LogP contribution in [0.5, 0.6) is 0 Å². The molecule has 2 aromatic carbocycles. The zero-order valence-corrected chi connectivity index (χ0v) is 15.0. The Kier molecular flexibility index (Phi) is 5.07. The van der Waals surface area contributed by atoms with E-state index in [0.29, 0.717) is 11.3 Å². The molecule has 0 aliphatic rings. The average molecular weight is 349 g/mol. The highest BCUT2D eigenvalue weighted by molar-refractivity contribution is 5.99. The summed E-state index contributed by atoms with van der Waals surface area (Å²) in [5, 5.41) is 4.16. The van der Waals surface area contributed by atoms with Crippen LogP contribution in [0.4, 0.5) is 0 Å². The number of carbonyl (C=O) groups excluding carboxylic acids is 2. The third-order valence-electron chi connectivity index (χ3n) is 4.66. The third kappa shape index (κ3) is 3.47. The van der Waals surface area contributed by atoms with E-state index in [1.165, 1.54) is 0 Å². The van der Waals surface area contributed by atoms with Crippen LogP contribution in [0.2, 0.25) is 0 Å². The van der Waals surface area contributed by atoms with Crippen molar-refractivity contribution >= 4 is 22.7 Å². The molecule has 1 heterocycles. The summed E-state index contributed by atoms with van der Waals surface area (Å²) in [6.45, 7) is 2.08. The molecule has 3 aromatic rings. The van der Waals surface area contributed by atoms with Gasteiger partial charge in [0.25, 0.3) is 5.91 Å². The first-order valence-electron chi connectivity index (χ1n) is 8.76. The first-order chi connectivity index (χ1) is 12.5. The maximum atomic E-state index is 12.9. The SMILES string of the molecule is CCCC(NC(=O)c1cc2ccccc2n1C)c1ccc(C(N)=O)cc1. The molecule has 1 aromatic heterocycles. The van der Waals surface area contributed by atoms with Crippen molar-refractivity contribution in [1.82, 2.24) is 9.88 Å². The largest absolute Gasteiger partial charge is 0.366 e. The minimum absolute atomic E-state index is 0.110. The van der Waals surface area contributed by atoms with Crippen LogP contribution in [-0.2, 0) is 7.05 Å². The van der Waals surface area contributed by atoms with E-state index in [-0.39, 0.29) is 11.9 Å². The molecule has 0 bridgehead atoms. The van der Waals surface area contributed by atoms with E-state index in [4.69, 9.17) is 5.73 Å². The van der Waals surface area contributed by atoms with Gasteiger partial charge in [0, 0.05) is 23.5 Å². The average Bonchev–Trinajstić information content (AvgIpc) is 2.98. The lowest BCUT2D eigenvalue weighted by molar-refractivity contribution is 0.0925. The number of aromatic nitrogens is 1. The second kappa shape index (κ2) is 7.44. The number of hydrogen-bond acceptors (Lipinski definition) is 2. The Labute approximate surface area is 152 Å². The fourth-order valence-electron chi connectivity index (χ4n) is 3.23. The summed E-state index contributed by atoms with van der Waals surface area (Å²) < 4.78 is 1.91. The van der Waals surface area contributed by atoms with Crippen LogP contribution in [0.15, 0.2) is 54.6 Å². The Morgan fingerprint density at radius 3 is 2.42 bits per heavy atom. The van der Waals surface area contributed by atoms with Gasteiger partial charge in [0.15, 0.2) is 0 Å². The van der Waals surface area contributed by atoms with Crippen LogP contribution in [0.3, 0.4) is 0 Å². The molecular formula is C21H23N3O2. The molecule has 5 nitrogen and oxygen atoms in total. The van der Waals surface area contributed by atoms with Crippen molar-refractivity contribution in [1.29, 1.82) is 0 Å². The minimum atomic E-state index is -0.455. The molecule has 0 saturated carbocycles. The number of hydrogen-bond donors (Lipinski definition) is 2. The van der Waals surface area contributed by atoms with Gasteiger partial charge in [-0.1, -0.05) is 43.7 Å². The van der Waals surface area contributed by atoms with Crippen molar-refractivity contribution in [3.05, 3.63) is 71.4 Å². The topological polar surface area (TPSA) is 77.1 Å². The molecule has 3 N–H and O–H groups in total. The van der Waals surface area contributed by atoms with Crippen molar-refractivity contribution in [2.75, 3.05) is 0 Å². The van der Waals surface area contributed by atoms with E-state index in [1.807, 2.05) is 54.1 Å². The number of carbonyl (C=O) groups is 2. The quantitative estimate of drug-likeness (QED) is 0.714. The summed E-state index contributed by atoms with van der Waals surface area (Å²) in [5.74, 6) is -0.566. The zero-order valence-electron chi connectivity index (χ0n) is 15.0. The lowest BCUT2D eigenvalue weighted by Gasteiger charge is -2.19. The van der Waals surface area contributed by atoms with Crippen molar-refractivity contribution in [3.63, 3.8) is 0 Å². The summed E-state index contributed by atoms with van der Waals surface area (Å²) in [4.78, 5) is 24.1. The van der Waals surface area contributed by atoms with E-state index < -0.39 is 5.91 Å². The van der Waals surface area contributed by atoms with E-state index in [2.05, 4.69) is 12.2 Å². The van der Waals surface area contributed by atoms with Gasteiger partial charge >= 0.3 is 0 Å². The molecule has 0 aliphatic carbocycles. The minimum Gasteiger partial charge on any atom is -0.366 e. The summed E-state index contributed by atoms with van der Waals surface area (Å²) in [7, 11) is 1.90. The Bertz CT molecular complexity index is 942. The van der Waals surface area contributed by atoms with E-state index in [9.17, 15) is 9.59 Å². The Hall–Kier alpha value is -3.08. The molecule has 0 fully saturated rings. The fraction of sp³-hybridized carbons (Fsp3) is 0.238. The van der Waals surface area contributed by atoms with Crippen LogP contribution in [0.1, 0.15) is 52.2 Å². The van der Waals surface area contributed by atoms with Gasteiger partial charge in [-0.15, -0.1) is 0 Å². The van der Waals surface area contributed by atoms with E-state index >= 15 is 0 Å². The smallest absolute Gasteiger partial charge is 0.268 e. The number of benzene rings is 2. The first kappa shape index (κ1) is 17.7. The van der Waals surface area contributed by atoms with Gasteiger partial charge in [0.2, 0.25) is 5.91 Å². The number of aryl methyl sites for hydroxylation is 1. The predicted octanol–water partition coefficient (Wildman–Crippen LogP) is 3.55. The number of rotatable bonds is 6. The molecule has 1 unspecified atom stereocenters. The van der Waals surface area contributed by atoms with Crippen LogP contribution < -0.4 is 11.1 Å². The number of nitrogens with two attached hydrogens (primary N) is 1. The number of nitrogens with zero attached hydrogens (tertiary/aromatic N) is 1. The molecule has 0 radical (unpaired) electrons. The van der Waals surface area contributed by atoms with Gasteiger partial charge < -0.3 is 15.6 Å². The monoisotopic (exact) mass is 349 g/mol. The Morgan fingerprint density at radius 2 is 1.81 bits per heavy atom. The molecular weight excluding hydrogens is 326 g/mol. The van der Waals surface area contributed by atoms with Crippen LogP contribution in [0.25, 0.3) is 10.9 Å². The molecule has 3 rings (SSSR count). The predicted molar refractivity (Wildman–Crippen MR) is 103 cm³/mol. The maximum absolute atomic E-state index is 12.9. The highest BCUT2D eigenvalue weighted by Gasteiger charge is 2.18. The molecule has 0 spiro atoms. The normalized spacial score (nSPS) is 12.1. The Balaban J connectivity index is 1.85. The van der Waals surface area contributed by atoms with Gasteiger partial charge in [0.05, 0.1) is 6.04 Å². The summed E-state index contributed by atoms with van der Waals surface area (Å²) in [6, 6.07) is 16.8. The van der Waals surface area contributed by atoms with Crippen LogP contribution >= 0.6 is 0 Å². The van der Waals surface area contributed by atoms with Crippen LogP contribution in [-0.4, -0.2) is 16.4 Å². The highest BCUT2D eigenvalue weighted by Crippen LogP contribution is 2.22. The standard InChI is InChI=1S/C21H23N3O2/c1-3-6-17(14-9-11-15(12-10-14)20(22)25)23-21(26)19-13-16-7-4-5-8-18(16)24(19)2/h4-5,7-13,17H,3,6H2,1-2H3,(H2,22,25)(H,23,26). The molecule has 5 heteroatoms. The van der Waals surface area contributed by atoms with Gasteiger partial charge in [0.1, 0.15) is 5.69 Å². The van der Waals surface area contributed by atoms with Gasteiger partial charge in [-0.05, 0) is 36.2 Å². The third-order valence-corrected chi connectivity index (χ3v) is 4.66. The lowest BCUT2D eigenvalue weighted by Crippen LogP contribution is -2.30. The zero-order chi connectivity index (χ0) is 18.7. The summed E-state index contributed by atoms with van der Waals surface area (Å²) in [6.07, 6.45) is 1.74. The highest BCUT2D eigenvalue weighted by atomic mass is 16.2. The second-order valence-corrected chi connectivity index (χ2v) is 6.45. The summed E-state index contributed by atoms with van der Waals surface area (Å²) in [5.41, 5.74) is 8.37. The molecule has 2 amide bonds. The van der Waals surface area contributed by atoms with Crippen molar-refractivity contribution < 1.29 is 9.59 Å². The molecule has 1 atom stereocenters. The molecule has 0 saturated heterocycles. The first-order valence-corrected chi connectivity index (χ1v) is 8.76. The van der Waals surface area contributed by atoms with E-state index in [0.717, 1.165) is 29.3 Å². The van der Waals surface area contributed by atoms with Crippen molar-refractivity contribution in [2.45, 2.75) is 25.8 Å². The number of nitrogens with one attached hydrogen (secondary N) is 1. The number of amides is 2.